The molecule has 0 saturated carbocycles. The summed E-state index contributed by atoms with van der Waals surface area (Å²) in [4.78, 5) is 22.4. The standard InChI is InChI=1S/C9H13BrO4/c1-9(2,10)5-6(7(11)13-3)8(12)14-4/h5H,1-4H3. The number of esters is 2. The first kappa shape index (κ1) is 13.2. The van der Waals surface area contributed by atoms with E-state index in [9.17, 15) is 9.59 Å². The van der Waals surface area contributed by atoms with Crippen molar-refractivity contribution >= 4 is 27.9 Å². The van der Waals surface area contributed by atoms with E-state index in [1.54, 1.807) is 13.8 Å². The summed E-state index contributed by atoms with van der Waals surface area (Å²) in [5.74, 6) is -1.41. The second-order valence-corrected chi connectivity index (χ2v) is 5.15. The van der Waals surface area contributed by atoms with Crippen molar-refractivity contribution in [3.63, 3.8) is 0 Å². The smallest absolute Gasteiger partial charge is 0.345 e. The molecule has 0 aromatic carbocycles. The average molecular weight is 265 g/mol. The van der Waals surface area contributed by atoms with Crippen LogP contribution in [0.3, 0.4) is 0 Å². The van der Waals surface area contributed by atoms with Crippen LogP contribution in [-0.4, -0.2) is 30.5 Å². The molecule has 0 aromatic heterocycles. The van der Waals surface area contributed by atoms with Crippen LogP contribution < -0.4 is 0 Å². The SMILES string of the molecule is COC(=O)C(=CC(C)(C)Br)C(=O)OC. The topological polar surface area (TPSA) is 52.6 Å². The Morgan fingerprint density at radius 3 is 1.71 bits per heavy atom. The highest BCUT2D eigenvalue weighted by molar-refractivity contribution is 9.10. The van der Waals surface area contributed by atoms with E-state index in [0.717, 1.165) is 0 Å². The third kappa shape index (κ3) is 4.41. The van der Waals surface area contributed by atoms with Crippen LogP contribution in [-0.2, 0) is 19.1 Å². The summed E-state index contributed by atoms with van der Waals surface area (Å²) in [5.41, 5.74) is -0.114. The van der Waals surface area contributed by atoms with Crippen LogP contribution >= 0.6 is 15.9 Å². The van der Waals surface area contributed by atoms with Gasteiger partial charge in [-0.15, -0.1) is 0 Å². The molecule has 0 unspecified atom stereocenters. The van der Waals surface area contributed by atoms with Crippen LogP contribution in [0.5, 0.6) is 0 Å². The van der Waals surface area contributed by atoms with E-state index >= 15 is 0 Å². The quantitative estimate of drug-likeness (QED) is 0.255. The summed E-state index contributed by atoms with van der Waals surface area (Å²) in [6.45, 7) is 3.58. The van der Waals surface area contributed by atoms with Gasteiger partial charge in [-0.2, -0.15) is 0 Å². The van der Waals surface area contributed by atoms with Gasteiger partial charge in [0.15, 0.2) is 0 Å². The fourth-order valence-electron chi connectivity index (χ4n) is 0.764. The Kier molecular flexibility index (Phi) is 4.83. The number of carbonyl (C=O) groups excluding carboxylic acids is 2. The van der Waals surface area contributed by atoms with E-state index in [1.165, 1.54) is 20.3 Å². The maximum atomic E-state index is 11.2. The molecular weight excluding hydrogens is 252 g/mol. The van der Waals surface area contributed by atoms with Crippen LogP contribution in [0.1, 0.15) is 13.8 Å². The highest BCUT2D eigenvalue weighted by Crippen LogP contribution is 2.20. The maximum Gasteiger partial charge on any atom is 0.345 e. The second-order valence-electron chi connectivity index (χ2n) is 3.11. The number of allylic oxidation sites excluding steroid dienone is 1. The van der Waals surface area contributed by atoms with Crippen molar-refractivity contribution in [2.75, 3.05) is 14.2 Å². The van der Waals surface area contributed by atoms with Crippen molar-refractivity contribution in [1.29, 1.82) is 0 Å². The van der Waals surface area contributed by atoms with Gasteiger partial charge >= 0.3 is 11.9 Å². The molecule has 0 amide bonds. The molecular formula is C9H13BrO4. The Balaban J connectivity index is 5.01. The van der Waals surface area contributed by atoms with Crippen LogP contribution in [0, 0.1) is 0 Å². The lowest BCUT2D eigenvalue weighted by atomic mass is 10.1. The summed E-state index contributed by atoms with van der Waals surface area (Å²) in [6, 6.07) is 0. The summed E-state index contributed by atoms with van der Waals surface area (Å²) >= 11 is 3.28. The first-order valence-electron chi connectivity index (χ1n) is 3.90. The van der Waals surface area contributed by atoms with Gasteiger partial charge in [-0.1, -0.05) is 15.9 Å². The number of ether oxygens (including phenoxy) is 2. The predicted octanol–water partition coefficient (Wildman–Crippen LogP) is 1.43. The van der Waals surface area contributed by atoms with E-state index in [-0.39, 0.29) is 5.57 Å². The molecule has 0 fully saturated rings. The molecule has 0 atom stereocenters. The van der Waals surface area contributed by atoms with Crippen LogP contribution in [0.4, 0.5) is 0 Å². The van der Waals surface area contributed by atoms with Gasteiger partial charge in [0.2, 0.25) is 0 Å². The van der Waals surface area contributed by atoms with Gasteiger partial charge in [0.05, 0.1) is 14.2 Å². The lowest BCUT2D eigenvalue weighted by Crippen LogP contribution is -2.19. The molecule has 0 rings (SSSR count). The molecule has 4 nitrogen and oxygen atoms in total. The van der Waals surface area contributed by atoms with Crippen LogP contribution in [0.15, 0.2) is 11.6 Å². The Morgan fingerprint density at radius 1 is 1.14 bits per heavy atom. The van der Waals surface area contributed by atoms with Gasteiger partial charge in [0, 0.05) is 4.32 Å². The van der Waals surface area contributed by atoms with E-state index in [1.807, 2.05) is 0 Å². The normalized spacial score (nSPS) is 10.4. The minimum absolute atomic E-state index is 0.114. The van der Waals surface area contributed by atoms with Crippen molar-refractivity contribution in [1.82, 2.24) is 0 Å². The van der Waals surface area contributed by atoms with Crippen molar-refractivity contribution < 1.29 is 19.1 Å². The minimum atomic E-state index is -0.704. The van der Waals surface area contributed by atoms with Crippen molar-refractivity contribution in [3.8, 4) is 0 Å². The second kappa shape index (κ2) is 5.14. The lowest BCUT2D eigenvalue weighted by molar-refractivity contribution is -0.144. The molecule has 0 heterocycles. The molecule has 0 saturated heterocycles. The summed E-state index contributed by atoms with van der Waals surface area (Å²) in [7, 11) is 2.42. The Labute approximate surface area is 91.4 Å². The number of hydrogen-bond acceptors (Lipinski definition) is 4. The molecule has 0 radical (unpaired) electrons. The third-order valence-electron chi connectivity index (χ3n) is 1.30. The molecule has 0 spiro atoms. The number of halogens is 1. The first-order chi connectivity index (χ1) is 6.31. The number of hydrogen-bond donors (Lipinski definition) is 0. The Bertz CT molecular complexity index is 244. The third-order valence-corrected chi connectivity index (χ3v) is 1.53. The molecule has 0 N–H and O–H groups in total. The zero-order valence-corrected chi connectivity index (χ0v) is 10.2. The Hall–Kier alpha value is -0.840. The molecule has 5 heteroatoms. The monoisotopic (exact) mass is 264 g/mol. The number of carbonyl (C=O) groups is 2. The van der Waals surface area contributed by atoms with Crippen molar-refractivity contribution in [2.45, 2.75) is 18.2 Å². The van der Waals surface area contributed by atoms with Crippen LogP contribution in [0.25, 0.3) is 0 Å². The van der Waals surface area contributed by atoms with E-state index in [2.05, 4.69) is 25.4 Å². The molecule has 0 aliphatic heterocycles. The zero-order valence-electron chi connectivity index (χ0n) is 8.59. The zero-order chi connectivity index (χ0) is 11.4. The number of methoxy groups -OCH3 is 2. The molecule has 0 aromatic rings. The van der Waals surface area contributed by atoms with Gasteiger partial charge < -0.3 is 9.47 Å². The number of rotatable bonds is 3. The van der Waals surface area contributed by atoms with E-state index < -0.39 is 16.3 Å². The van der Waals surface area contributed by atoms with Gasteiger partial charge in [-0.05, 0) is 19.9 Å². The summed E-state index contributed by atoms with van der Waals surface area (Å²) in [5, 5.41) is 0. The fourth-order valence-corrected chi connectivity index (χ4v) is 0.993. The van der Waals surface area contributed by atoms with Gasteiger partial charge in [-0.3, -0.25) is 0 Å². The molecule has 0 aliphatic rings. The molecule has 80 valence electrons. The highest BCUT2D eigenvalue weighted by Gasteiger charge is 2.23. The number of alkyl halides is 1. The Morgan fingerprint density at radius 2 is 1.50 bits per heavy atom. The minimum Gasteiger partial charge on any atom is -0.465 e. The molecule has 0 aliphatic carbocycles. The van der Waals surface area contributed by atoms with Gasteiger partial charge in [0.1, 0.15) is 5.57 Å². The predicted molar refractivity (Wildman–Crippen MR) is 55.1 cm³/mol. The first-order valence-corrected chi connectivity index (χ1v) is 4.69. The lowest BCUT2D eigenvalue weighted by Gasteiger charge is -2.11. The molecule has 0 bridgehead atoms. The van der Waals surface area contributed by atoms with Gasteiger partial charge in [0.25, 0.3) is 0 Å². The van der Waals surface area contributed by atoms with Gasteiger partial charge in [-0.25, -0.2) is 9.59 Å². The summed E-state index contributed by atoms with van der Waals surface area (Å²) < 4.78 is 8.44. The average Bonchev–Trinajstić information content (AvgIpc) is 2.10. The highest BCUT2D eigenvalue weighted by atomic mass is 79.9. The van der Waals surface area contributed by atoms with Crippen LogP contribution in [0.2, 0.25) is 0 Å². The van der Waals surface area contributed by atoms with E-state index in [4.69, 9.17) is 0 Å². The largest absolute Gasteiger partial charge is 0.465 e. The van der Waals surface area contributed by atoms with Crippen molar-refractivity contribution in [3.05, 3.63) is 11.6 Å². The summed E-state index contributed by atoms with van der Waals surface area (Å²) in [6.07, 6.45) is 1.45. The fraction of sp³-hybridized carbons (Fsp3) is 0.556. The molecule has 14 heavy (non-hydrogen) atoms. The van der Waals surface area contributed by atoms with Crippen molar-refractivity contribution in [2.24, 2.45) is 0 Å². The maximum absolute atomic E-state index is 11.2. The van der Waals surface area contributed by atoms with E-state index in [0.29, 0.717) is 0 Å².